The SMILES string of the molecule is Clc1cccc(-c2cc(-c3ccccc3)nc(-c3ccc(-c4ccccc4)cc3)n2)c1. The second-order valence-electron chi connectivity index (χ2n) is 7.28. The van der Waals surface area contributed by atoms with Gasteiger partial charge in [0.1, 0.15) is 0 Å². The van der Waals surface area contributed by atoms with Crippen LogP contribution in [0.1, 0.15) is 0 Å². The van der Waals surface area contributed by atoms with Gasteiger partial charge in [-0.3, -0.25) is 0 Å². The Morgan fingerprint density at radius 1 is 0.419 bits per heavy atom. The van der Waals surface area contributed by atoms with Crippen molar-refractivity contribution in [2.75, 3.05) is 0 Å². The van der Waals surface area contributed by atoms with Crippen molar-refractivity contribution in [1.82, 2.24) is 9.97 Å². The van der Waals surface area contributed by atoms with Crippen molar-refractivity contribution in [3.8, 4) is 45.0 Å². The van der Waals surface area contributed by atoms with E-state index in [0.717, 1.165) is 28.1 Å². The molecule has 0 fully saturated rings. The first-order valence-electron chi connectivity index (χ1n) is 10.1. The highest BCUT2D eigenvalue weighted by Crippen LogP contribution is 2.29. The molecule has 148 valence electrons. The van der Waals surface area contributed by atoms with Crippen LogP contribution < -0.4 is 0 Å². The van der Waals surface area contributed by atoms with Gasteiger partial charge < -0.3 is 0 Å². The maximum atomic E-state index is 6.24. The summed E-state index contributed by atoms with van der Waals surface area (Å²) in [5, 5.41) is 0.686. The molecule has 0 aliphatic carbocycles. The summed E-state index contributed by atoms with van der Waals surface area (Å²) < 4.78 is 0. The van der Waals surface area contributed by atoms with Crippen LogP contribution in [0.3, 0.4) is 0 Å². The van der Waals surface area contributed by atoms with Crippen LogP contribution >= 0.6 is 11.6 Å². The largest absolute Gasteiger partial charge is 0.228 e. The van der Waals surface area contributed by atoms with Crippen molar-refractivity contribution >= 4 is 11.6 Å². The van der Waals surface area contributed by atoms with E-state index in [2.05, 4.69) is 48.5 Å². The molecule has 1 heterocycles. The molecule has 0 unspecified atom stereocenters. The van der Waals surface area contributed by atoms with Crippen LogP contribution in [-0.2, 0) is 0 Å². The fourth-order valence-electron chi connectivity index (χ4n) is 3.57. The molecule has 2 nitrogen and oxygen atoms in total. The van der Waals surface area contributed by atoms with Crippen molar-refractivity contribution in [3.05, 3.63) is 120 Å². The molecule has 0 amide bonds. The zero-order valence-electron chi connectivity index (χ0n) is 16.7. The number of aromatic nitrogens is 2. The zero-order valence-corrected chi connectivity index (χ0v) is 17.5. The second-order valence-corrected chi connectivity index (χ2v) is 7.72. The molecule has 0 radical (unpaired) electrons. The molecule has 0 saturated carbocycles. The first-order chi connectivity index (χ1) is 15.3. The highest BCUT2D eigenvalue weighted by molar-refractivity contribution is 6.30. The van der Waals surface area contributed by atoms with Crippen LogP contribution in [0.4, 0.5) is 0 Å². The summed E-state index contributed by atoms with van der Waals surface area (Å²) in [6, 6.07) is 38.7. The van der Waals surface area contributed by atoms with E-state index in [-0.39, 0.29) is 0 Å². The van der Waals surface area contributed by atoms with Crippen LogP contribution in [-0.4, -0.2) is 9.97 Å². The number of halogens is 1. The number of hydrogen-bond acceptors (Lipinski definition) is 2. The van der Waals surface area contributed by atoms with E-state index < -0.39 is 0 Å². The number of rotatable bonds is 4. The molecule has 0 aliphatic rings. The Hall–Kier alpha value is -3.75. The molecule has 0 bridgehead atoms. The number of nitrogens with zero attached hydrogens (tertiary/aromatic N) is 2. The van der Waals surface area contributed by atoms with Crippen molar-refractivity contribution in [3.63, 3.8) is 0 Å². The summed E-state index contributed by atoms with van der Waals surface area (Å²) >= 11 is 6.24. The maximum Gasteiger partial charge on any atom is 0.160 e. The summed E-state index contributed by atoms with van der Waals surface area (Å²) in [6.07, 6.45) is 0. The van der Waals surface area contributed by atoms with Gasteiger partial charge >= 0.3 is 0 Å². The lowest BCUT2D eigenvalue weighted by molar-refractivity contribution is 1.18. The lowest BCUT2D eigenvalue weighted by Crippen LogP contribution is -1.96. The van der Waals surface area contributed by atoms with Gasteiger partial charge in [0.15, 0.2) is 5.82 Å². The lowest BCUT2D eigenvalue weighted by atomic mass is 10.0. The third kappa shape index (κ3) is 4.25. The van der Waals surface area contributed by atoms with Gasteiger partial charge in [-0.15, -0.1) is 0 Å². The van der Waals surface area contributed by atoms with E-state index in [4.69, 9.17) is 21.6 Å². The molecule has 0 aliphatic heterocycles. The predicted octanol–water partition coefficient (Wildman–Crippen LogP) is 7.80. The van der Waals surface area contributed by atoms with Gasteiger partial charge in [-0.2, -0.15) is 0 Å². The van der Waals surface area contributed by atoms with Crippen molar-refractivity contribution in [2.45, 2.75) is 0 Å². The van der Waals surface area contributed by atoms with Crippen molar-refractivity contribution in [2.24, 2.45) is 0 Å². The third-order valence-corrected chi connectivity index (χ3v) is 5.40. The first kappa shape index (κ1) is 19.2. The Morgan fingerprint density at radius 2 is 0.935 bits per heavy atom. The van der Waals surface area contributed by atoms with Gasteiger partial charge in [-0.1, -0.05) is 109 Å². The highest BCUT2D eigenvalue weighted by atomic mass is 35.5. The lowest BCUT2D eigenvalue weighted by Gasteiger charge is -2.10. The van der Waals surface area contributed by atoms with Gasteiger partial charge in [0, 0.05) is 21.7 Å². The third-order valence-electron chi connectivity index (χ3n) is 5.17. The maximum absolute atomic E-state index is 6.24. The molecular weight excluding hydrogens is 400 g/mol. The van der Waals surface area contributed by atoms with E-state index in [1.807, 2.05) is 66.7 Å². The van der Waals surface area contributed by atoms with Crippen molar-refractivity contribution in [1.29, 1.82) is 0 Å². The van der Waals surface area contributed by atoms with Crippen molar-refractivity contribution < 1.29 is 0 Å². The minimum Gasteiger partial charge on any atom is -0.228 e. The monoisotopic (exact) mass is 418 g/mol. The summed E-state index contributed by atoms with van der Waals surface area (Å²) in [5.74, 6) is 0.691. The topological polar surface area (TPSA) is 25.8 Å². The average Bonchev–Trinajstić information content (AvgIpc) is 2.85. The van der Waals surface area contributed by atoms with E-state index in [0.29, 0.717) is 10.8 Å². The van der Waals surface area contributed by atoms with Crippen LogP contribution in [0.25, 0.3) is 45.0 Å². The number of benzene rings is 4. The fraction of sp³-hybridized carbons (Fsp3) is 0. The molecule has 0 saturated heterocycles. The standard InChI is InChI=1S/C28H19ClN2/c29-25-13-7-12-24(18-25)27-19-26(22-10-5-2-6-11-22)30-28(31-27)23-16-14-21(15-17-23)20-8-3-1-4-9-20/h1-19H. The molecule has 5 rings (SSSR count). The Bertz CT molecular complexity index is 1310. The minimum absolute atomic E-state index is 0.686. The molecule has 0 atom stereocenters. The summed E-state index contributed by atoms with van der Waals surface area (Å²) in [4.78, 5) is 9.75. The predicted molar refractivity (Wildman–Crippen MR) is 129 cm³/mol. The second kappa shape index (κ2) is 8.55. The molecule has 1 aromatic heterocycles. The Balaban J connectivity index is 1.61. The quantitative estimate of drug-likeness (QED) is 0.297. The normalized spacial score (nSPS) is 10.7. The summed E-state index contributed by atoms with van der Waals surface area (Å²) in [6.45, 7) is 0. The van der Waals surface area contributed by atoms with Crippen LogP contribution in [0.2, 0.25) is 5.02 Å². The van der Waals surface area contributed by atoms with Crippen LogP contribution in [0, 0.1) is 0 Å². The molecule has 3 heteroatoms. The Kier molecular flexibility index (Phi) is 5.30. The van der Waals surface area contributed by atoms with Crippen LogP contribution in [0.5, 0.6) is 0 Å². The first-order valence-corrected chi connectivity index (χ1v) is 10.5. The van der Waals surface area contributed by atoms with E-state index >= 15 is 0 Å². The van der Waals surface area contributed by atoms with E-state index in [1.54, 1.807) is 0 Å². The van der Waals surface area contributed by atoms with E-state index in [1.165, 1.54) is 11.1 Å². The molecule has 0 N–H and O–H groups in total. The molecule has 5 aromatic rings. The van der Waals surface area contributed by atoms with Crippen LogP contribution in [0.15, 0.2) is 115 Å². The fourth-order valence-corrected chi connectivity index (χ4v) is 3.76. The summed E-state index contributed by atoms with van der Waals surface area (Å²) in [5.41, 5.74) is 7.07. The van der Waals surface area contributed by atoms with Gasteiger partial charge in [-0.05, 0) is 29.3 Å². The molecule has 0 spiro atoms. The Morgan fingerprint density at radius 3 is 1.58 bits per heavy atom. The van der Waals surface area contributed by atoms with E-state index in [9.17, 15) is 0 Å². The highest BCUT2D eigenvalue weighted by Gasteiger charge is 2.11. The number of hydrogen-bond donors (Lipinski definition) is 0. The van der Waals surface area contributed by atoms with Gasteiger partial charge in [0.05, 0.1) is 11.4 Å². The molecule has 4 aromatic carbocycles. The van der Waals surface area contributed by atoms with Gasteiger partial charge in [-0.25, -0.2) is 9.97 Å². The average molecular weight is 419 g/mol. The van der Waals surface area contributed by atoms with Gasteiger partial charge in [0.2, 0.25) is 0 Å². The Labute approximate surface area is 186 Å². The summed E-state index contributed by atoms with van der Waals surface area (Å²) in [7, 11) is 0. The van der Waals surface area contributed by atoms with Gasteiger partial charge in [0.25, 0.3) is 0 Å². The molecule has 31 heavy (non-hydrogen) atoms. The zero-order chi connectivity index (χ0) is 21.0. The smallest absolute Gasteiger partial charge is 0.160 e. The molecular formula is C28H19ClN2. The minimum atomic E-state index is 0.686.